The maximum atomic E-state index is 13.4. The fraction of sp³-hybridized carbons (Fsp3) is 0.545. The van der Waals surface area contributed by atoms with Gasteiger partial charge in [0.15, 0.2) is 23.3 Å². The zero-order valence-corrected chi connectivity index (χ0v) is 9.79. The molecular formula is C11H17F2N3O. The van der Waals surface area contributed by atoms with E-state index in [4.69, 9.17) is 10.8 Å². The highest BCUT2D eigenvalue weighted by atomic mass is 19.1. The molecule has 6 heteroatoms. The molecule has 4 nitrogen and oxygen atoms in total. The average molecular weight is 245 g/mol. The molecule has 0 saturated carbocycles. The zero-order valence-electron chi connectivity index (χ0n) is 9.79. The van der Waals surface area contributed by atoms with Crippen LogP contribution in [0.15, 0.2) is 6.07 Å². The summed E-state index contributed by atoms with van der Waals surface area (Å²) in [6.45, 7) is 0.731. The predicted octanol–water partition coefficient (Wildman–Crippen LogP) is 1.54. The van der Waals surface area contributed by atoms with Crippen molar-refractivity contribution in [2.24, 2.45) is 0 Å². The molecule has 96 valence electrons. The third kappa shape index (κ3) is 3.81. The molecular weight excluding hydrogens is 228 g/mol. The average Bonchev–Trinajstić information content (AvgIpc) is 2.29. The van der Waals surface area contributed by atoms with E-state index in [1.165, 1.54) is 0 Å². The minimum atomic E-state index is -0.847. The Labute approximate surface area is 99.1 Å². The number of aliphatic hydroxyl groups is 1. The molecule has 0 amide bonds. The number of aliphatic hydroxyl groups excluding tert-OH is 1. The van der Waals surface area contributed by atoms with Gasteiger partial charge in [0, 0.05) is 26.3 Å². The minimum Gasteiger partial charge on any atom is -0.396 e. The largest absolute Gasteiger partial charge is 0.396 e. The number of nitrogens with two attached hydrogens (primary N) is 1. The molecule has 0 bridgehead atoms. The van der Waals surface area contributed by atoms with E-state index < -0.39 is 11.6 Å². The molecule has 3 N–H and O–H groups in total. The number of anilines is 2. The summed E-state index contributed by atoms with van der Waals surface area (Å²) in [6.07, 6.45) is 2.36. The van der Waals surface area contributed by atoms with Crippen LogP contribution in [0.2, 0.25) is 0 Å². The molecule has 0 unspecified atom stereocenters. The van der Waals surface area contributed by atoms with Crippen molar-refractivity contribution in [1.29, 1.82) is 0 Å². The number of unbranched alkanes of at least 4 members (excludes halogenated alkanes) is 2. The summed E-state index contributed by atoms with van der Waals surface area (Å²) in [4.78, 5) is 5.26. The lowest BCUT2D eigenvalue weighted by molar-refractivity contribution is 0.283. The third-order valence-electron chi connectivity index (χ3n) is 2.45. The monoisotopic (exact) mass is 245 g/mol. The van der Waals surface area contributed by atoms with Crippen molar-refractivity contribution >= 4 is 11.6 Å². The smallest absolute Gasteiger partial charge is 0.168 e. The van der Waals surface area contributed by atoms with Crippen LogP contribution in [0, 0.1) is 11.6 Å². The van der Waals surface area contributed by atoms with Crippen molar-refractivity contribution in [3.05, 3.63) is 17.7 Å². The lowest BCUT2D eigenvalue weighted by Crippen LogP contribution is -2.22. The lowest BCUT2D eigenvalue weighted by Gasteiger charge is -2.18. The van der Waals surface area contributed by atoms with Gasteiger partial charge in [0.05, 0.1) is 0 Å². The summed E-state index contributed by atoms with van der Waals surface area (Å²) in [5, 5.41) is 8.62. The highest BCUT2D eigenvalue weighted by Crippen LogP contribution is 2.19. The molecule has 0 fully saturated rings. The van der Waals surface area contributed by atoms with E-state index in [-0.39, 0.29) is 18.2 Å². The Morgan fingerprint density at radius 2 is 2.00 bits per heavy atom. The summed E-state index contributed by atoms with van der Waals surface area (Å²) in [6, 6.07) is 0.738. The fourth-order valence-electron chi connectivity index (χ4n) is 1.48. The molecule has 1 rings (SSSR count). The Bertz CT molecular complexity index is 374. The molecule has 0 radical (unpaired) electrons. The van der Waals surface area contributed by atoms with E-state index in [0.717, 1.165) is 25.3 Å². The molecule has 1 aromatic heterocycles. The first-order valence-corrected chi connectivity index (χ1v) is 5.49. The van der Waals surface area contributed by atoms with Gasteiger partial charge < -0.3 is 15.7 Å². The van der Waals surface area contributed by atoms with E-state index in [9.17, 15) is 8.78 Å². The quantitative estimate of drug-likeness (QED) is 0.746. The molecule has 0 aliphatic rings. The van der Waals surface area contributed by atoms with Gasteiger partial charge in [-0.1, -0.05) is 0 Å². The number of pyridine rings is 1. The molecule has 0 saturated heterocycles. The summed E-state index contributed by atoms with van der Waals surface area (Å²) in [7, 11) is 1.67. The number of nitrogen functional groups attached to an aromatic ring is 1. The van der Waals surface area contributed by atoms with Crippen molar-refractivity contribution < 1.29 is 13.9 Å². The van der Waals surface area contributed by atoms with Crippen LogP contribution in [-0.2, 0) is 0 Å². The van der Waals surface area contributed by atoms with E-state index >= 15 is 0 Å². The molecule has 0 spiro atoms. The van der Waals surface area contributed by atoms with Crippen LogP contribution in [-0.4, -0.2) is 30.3 Å². The molecule has 1 heterocycles. The number of hydrogen-bond donors (Lipinski definition) is 2. The number of halogens is 2. The van der Waals surface area contributed by atoms with Gasteiger partial charge in [0.2, 0.25) is 0 Å². The zero-order chi connectivity index (χ0) is 12.8. The van der Waals surface area contributed by atoms with Crippen LogP contribution in [0.4, 0.5) is 20.4 Å². The van der Waals surface area contributed by atoms with Crippen LogP contribution in [0.5, 0.6) is 0 Å². The van der Waals surface area contributed by atoms with Gasteiger partial charge in [0.25, 0.3) is 0 Å². The second kappa shape index (κ2) is 6.34. The van der Waals surface area contributed by atoms with Crippen LogP contribution in [0.1, 0.15) is 19.3 Å². The molecule has 0 atom stereocenters. The van der Waals surface area contributed by atoms with E-state index in [1.807, 2.05) is 0 Å². The molecule has 0 aliphatic carbocycles. The molecule has 17 heavy (non-hydrogen) atoms. The Balaban J connectivity index is 2.62. The van der Waals surface area contributed by atoms with Gasteiger partial charge in [0.1, 0.15) is 0 Å². The summed E-state index contributed by atoms with van der Waals surface area (Å²) >= 11 is 0. The Morgan fingerprint density at radius 1 is 1.29 bits per heavy atom. The number of rotatable bonds is 6. The second-order valence-corrected chi connectivity index (χ2v) is 3.87. The standard InChI is InChI=1S/C11H17F2N3O/c1-16(5-3-2-4-6-17)11-9(13)7-8(12)10(14)15-11/h7,17H,2-6H2,1H3,(H2,14,15). The highest BCUT2D eigenvalue weighted by Gasteiger charge is 2.13. The fourth-order valence-corrected chi connectivity index (χ4v) is 1.48. The Hall–Kier alpha value is -1.43. The van der Waals surface area contributed by atoms with Crippen LogP contribution in [0.25, 0.3) is 0 Å². The van der Waals surface area contributed by atoms with Crippen molar-refractivity contribution in [2.75, 3.05) is 30.8 Å². The van der Waals surface area contributed by atoms with E-state index in [0.29, 0.717) is 6.54 Å². The van der Waals surface area contributed by atoms with Crippen molar-refractivity contribution in [1.82, 2.24) is 4.98 Å². The summed E-state index contributed by atoms with van der Waals surface area (Å²) < 4.78 is 26.3. The normalized spacial score (nSPS) is 10.6. The number of hydrogen-bond acceptors (Lipinski definition) is 4. The first-order chi connectivity index (χ1) is 8.06. The van der Waals surface area contributed by atoms with Gasteiger partial charge in [-0.2, -0.15) is 0 Å². The number of aromatic nitrogens is 1. The van der Waals surface area contributed by atoms with Crippen LogP contribution >= 0.6 is 0 Å². The van der Waals surface area contributed by atoms with Gasteiger partial charge in [-0.15, -0.1) is 0 Å². The summed E-state index contributed by atoms with van der Waals surface area (Å²) in [5.41, 5.74) is 5.29. The topological polar surface area (TPSA) is 62.4 Å². The minimum absolute atomic E-state index is 0.0490. The second-order valence-electron chi connectivity index (χ2n) is 3.87. The SMILES string of the molecule is CN(CCCCCO)c1nc(N)c(F)cc1F. The Morgan fingerprint density at radius 3 is 2.65 bits per heavy atom. The molecule has 0 aromatic carbocycles. The summed E-state index contributed by atoms with van der Waals surface area (Å²) in [5.74, 6) is -1.82. The predicted molar refractivity (Wildman–Crippen MR) is 62.8 cm³/mol. The van der Waals surface area contributed by atoms with Crippen molar-refractivity contribution in [3.8, 4) is 0 Å². The van der Waals surface area contributed by atoms with Gasteiger partial charge >= 0.3 is 0 Å². The van der Waals surface area contributed by atoms with Crippen LogP contribution in [0.3, 0.4) is 0 Å². The first-order valence-electron chi connectivity index (χ1n) is 5.49. The lowest BCUT2D eigenvalue weighted by atomic mass is 10.2. The van der Waals surface area contributed by atoms with Gasteiger partial charge in [-0.25, -0.2) is 13.8 Å². The van der Waals surface area contributed by atoms with E-state index in [1.54, 1.807) is 11.9 Å². The van der Waals surface area contributed by atoms with Gasteiger partial charge in [-0.05, 0) is 19.3 Å². The van der Waals surface area contributed by atoms with Crippen molar-refractivity contribution in [2.45, 2.75) is 19.3 Å². The third-order valence-corrected chi connectivity index (χ3v) is 2.45. The van der Waals surface area contributed by atoms with Crippen LogP contribution < -0.4 is 10.6 Å². The highest BCUT2D eigenvalue weighted by molar-refractivity contribution is 5.46. The number of nitrogens with zero attached hydrogens (tertiary/aromatic N) is 2. The maximum absolute atomic E-state index is 13.4. The maximum Gasteiger partial charge on any atom is 0.168 e. The Kier molecular flexibility index (Phi) is 5.09. The van der Waals surface area contributed by atoms with Gasteiger partial charge in [-0.3, -0.25) is 0 Å². The molecule has 0 aliphatic heterocycles. The first kappa shape index (κ1) is 13.6. The molecule has 1 aromatic rings. The van der Waals surface area contributed by atoms with E-state index in [2.05, 4.69) is 4.98 Å². The van der Waals surface area contributed by atoms with Crippen molar-refractivity contribution in [3.63, 3.8) is 0 Å².